The van der Waals surface area contributed by atoms with Gasteiger partial charge in [0.1, 0.15) is 5.82 Å². The molecular formula is C15H19N3O2. The van der Waals surface area contributed by atoms with Crippen LogP contribution in [0.15, 0.2) is 18.3 Å². The van der Waals surface area contributed by atoms with Gasteiger partial charge in [0, 0.05) is 6.20 Å². The summed E-state index contributed by atoms with van der Waals surface area (Å²) in [5, 5.41) is 13.3. The second kappa shape index (κ2) is 5.23. The lowest BCUT2D eigenvalue weighted by atomic mass is 9.79. The van der Waals surface area contributed by atoms with Crippen molar-refractivity contribution in [3.05, 3.63) is 29.7 Å². The Hall–Kier alpha value is -1.91. The molecule has 0 unspecified atom stereocenters. The molecule has 3 rings (SSSR count). The van der Waals surface area contributed by atoms with Crippen molar-refractivity contribution in [1.29, 1.82) is 0 Å². The van der Waals surface area contributed by atoms with E-state index in [0.717, 1.165) is 43.6 Å². The normalized spacial score (nSPS) is 23.1. The summed E-state index contributed by atoms with van der Waals surface area (Å²) < 4.78 is 1.83. The predicted molar refractivity (Wildman–Crippen MR) is 74.5 cm³/mol. The van der Waals surface area contributed by atoms with E-state index in [0.29, 0.717) is 5.92 Å². The maximum Gasteiger partial charge on any atom is 0.306 e. The minimum Gasteiger partial charge on any atom is -0.481 e. The van der Waals surface area contributed by atoms with E-state index in [1.54, 1.807) is 0 Å². The molecule has 1 aliphatic rings. The second-order valence-corrected chi connectivity index (χ2v) is 5.76. The lowest BCUT2D eigenvalue weighted by Gasteiger charge is -2.26. The van der Waals surface area contributed by atoms with Gasteiger partial charge in [-0.2, -0.15) is 5.10 Å². The van der Waals surface area contributed by atoms with E-state index in [1.807, 2.05) is 23.7 Å². The third kappa shape index (κ3) is 2.66. The van der Waals surface area contributed by atoms with Gasteiger partial charge >= 0.3 is 5.97 Å². The van der Waals surface area contributed by atoms with Crippen LogP contribution in [0.2, 0.25) is 0 Å². The summed E-state index contributed by atoms with van der Waals surface area (Å²) in [5.41, 5.74) is 2.13. The fourth-order valence-corrected chi connectivity index (χ4v) is 3.10. The van der Waals surface area contributed by atoms with Gasteiger partial charge < -0.3 is 5.11 Å². The highest BCUT2D eigenvalue weighted by molar-refractivity contribution is 5.69. The Labute approximate surface area is 117 Å². The van der Waals surface area contributed by atoms with Gasteiger partial charge in [0.25, 0.3) is 0 Å². The van der Waals surface area contributed by atoms with Gasteiger partial charge in [-0.05, 0) is 56.6 Å². The topological polar surface area (TPSA) is 67.5 Å². The smallest absolute Gasteiger partial charge is 0.306 e. The summed E-state index contributed by atoms with van der Waals surface area (Å²) in [6.45, 7) is 1.89. The Morgan fingerprint density at radius 1 is 1.35 bits per heavy atom. The van der Waals surface area contributed by atoms with Crippen molar-refractivity contribution in [1.82, 2.24) is 14.6 Å². The first-order valence-electron chi connectivity index (χ1n) is 7.16. The fraction of sp³-hybridized carbons (Fsp3) is 0.533. The number of hydrogen-bond acceptors (Lipinski definition) is 3. The zero-order chi connectivity index (χ0) is 14.1. The Kier molecular flexibility index (Phi) is 3.42. The van der Waals surface area contributed by atoms with Crippen molar-refractivity contribution in [2.45, 2.75) is 39.0 Å². The van der Waals surface area contributed by atoms with Crippen LogP contribution in [0.4, 0.5) is 0 Å². The molecule has 0 saturated heterocycles. The quantitative estimate of drug-likeness (QED) is 0.932. The minimum atomic E-state index is -0.636. The first-order valence-corrected chi connectivity index (χ1v) is 7.16. The van der Waals surface area contributed by atoms with Crippen LogP contribution in [0.3, 0.4) is 0 Å². The average Bonchev–Trinajstić information content (AvgIpc) is 2.78. The summed E-state index contributed by atoms with van der Waals surface area (Å²) in [4.78, 5) is 15.3. The molecule has 0 aliphatic heterocycles. The van der Waals surface area contributed by atoms with E-state index in [-0.39, 0.29) is 5.92 Å². The van der Waals surface area contributed by atoms with Crippen LogP contribution in [-0.4, -0.2) is 25.7 Å². The minimum absolute atomic E-state index is 0.133. The molecule has 0 radical (unpaired) electrons. The van der Waals surface area contributed by atoms with Crippen molar-refractivity contribution < 1.29 is 9.90 Å². The summed E-state index contributed by atoms with van der Waals surface area (Å²) >= 11 is 0. The van der Waals surface area contributed by atoms with E-state index < -0.39 is 5.97 Å². The molecule has 0 atom stereocenters. The van der Waals surface area contributed by atoms with Gasteiger partial charge in [0.05, 0.1) is 5.92 Å². The number of rotatable bonds is 3. The van der Waals surface area contributed by atoms with E-state index in [2.05, 4.69) is 16.1 Å². The first kappa shape index (κ1) is 13.1. The Bertz CT molecular complexity index is 627. The summed E-state index contributed by atoms with van der Waals surface area (Å²) in [5.74, 6) is 0.603. The number of aromatic nitrogens is 3. The molecular weight excluding hydrogens is 254 g/mol. The van der Waals surface area contributed by atoms with Crippen LogP contribution in [0.1, 0.15) is 37.1 Å². The number of hydrogen-bond donors (Lipinski definition) is 1. The number of nitrogens with zero attached hydrogens (tertiary/aromatic N) is 3. The van der Waals surface area contributed by atoms with Crippen LogP contribution < -0.4 is 0 Å². The Balaban J connectivity index is 1.66. The lowest BCUT2D eigenvalue weighted by Crippen LogP contribution is -2.22. The zero-order valence-electron chi connectivity index (χ0n) is 11.6. The zero-order valence-corrected chi connectivity index (χ0v) is 11.6. The third-order valence-corrected chi connectivity index (χ3v) is 4.22. The molecule has 2 aromatic rings. The molecule has 1 saturated carbocycles. The van der Waals surface area contributed by atoms with Crippen LogP contribution in [0.5, 0.6) is 0 Å². The molecule has 2 aromatic heterocycles. The molecule has 1 aliphatic carbocycles. The van der Waals surface area contributed by atoms with Gasteiger partial charge in [-0.25, -0.2) is 9.50 Å². The molecule has 2 heterocycles. The highest BCUT2D eigenvalue weighted by atomic mass is 16.4. The van der Waals surface area contributed by atoms with Crippen molar-refractivity contribution >= 4 is 11.6 Å². The van der Waals surface area contributed by atoms with Gasteiger partial charge in [-0.15, -0.1) is 0 Å². The molecule has 20 heavy (non-hydrogen) atoms. The van der Waals surface area contributed by atoms with E-state index in [4.69, 9.17) is 5.11 Å². The Morgan fingerprint density at radius 3 is 2.80 bits per heavy atom. The van der Waals surface area contributed by atoms with E-state index in [9.17, 15) is 4.79 Å². The maximum absolute atomic E-state index is 10.9. The van der Waals surface area contributed by atoms with Gasteiger partial charge in [-0.1, -0.05) is 6.07 Å². The number of carbonyl (C=O) groups is 1. The molecule has 0 bridgehead atoms. The monoisotopic (exact) mass is 273 g/mol. The standard InChI is InChI=1S/C15H19N3O2/c1-10-16-14-7-4-12(9-18(14)17-10)8-11-2-5-13(6-3-11)15(19)20/h4,7,9,11,13H,2-3,5-6,8H2,1H3,(H,19,20). The number of fused-ring (bicyclic) bond motifs is 1. The molecule has 106 valence electrons. The van der Waals surface area contributed by atoms with Gasteiger partial charge in [0.2, 0.25) is 0 Å². The number of aliphatic carboxylic acids is 1. The van der Waals surface area contributed by atoms with Crippen LogP contribution in [0.25, 0.3) is 5.65 Å². The van der Waals surface area contributed by atoms with Crippen LogP contribution in [-0.2, 0) is 11.2 Å². The average molecular weight is 273 g/mol. The van der Waals surface area contributed by atoms with Crippen LogP contribution >= 0.6 is 0 Å². The molecule has 0 aromatic carbocycles. The van der Waals surface area contributed by atoms with Gasteiger partial charge in [-0.3, -0.25) is 4.79 Å². The second-order valence-electron chi connectivity index (χ2n) is 5.76. The summed E-state index contributed by atoms with van der Waals surface area (Å²) in [6.07, 6.45) is 6.67. The maximum atomic E-state index is 10.9. The number of pyridine rings is 1. The van der Waals surface area contributed by atoms with E-state index >= 15 is 0 Å². The highest BCUT2D eigenvalue weighted by Gasteiger charge is 2.25. The van der Waals surface area contributed by atoms with Crippen molar-refractivity contribution in [2.24, 2.45) is 11.8 Å². The largest absolute Gasteiger partial charge is 0.481 e. The van der Waals surface area contributed by atoms with Crippen molar-refractivity contribution in [2.75, 3.05) is 0 Å². The lowest BCUT2D eigenvalue weighted by molar-refractivity contribution is -0.143. The third-order valence-electron chi connectivity index (χ3n) is 4.22. The SMILES string of the molecule is Cc1nc2ccc(CC3CCC(C(=O)O)CC3)cn2n1. The number of carboxylic acids is 1. The number of aryl methyl sites for hydroxylation is 1. The predicted octanol–water partition coefficient (Wildman–Crippen LogP) is 2.47. The fourth-order valence-electron chi connectivity index (χ4n) is 3.10. The van der Waals surface area contributed by atoms with Gasteiger partial charge in [0.15, 0.2) is 5.65 Å². The molecule has 0 spiro atoms. The van der Waals surface area contributed by atoms with E-state index in [1.165, 1.54) is 5.56 Å². The number of carboxylic acid groups (broad SMARTS) is 1. The van der Waals surface area contributed by atoms with Crippen LogP contribution in [0, 0.1) is 18.8 Å². The summed E-state index contributed by atoms with van der Waals surface area (Å²) in [6, 6.07) is 4.10. The highest BCUT2D eigenvalue weighted by Crippen LogP contribution is 2.31. The Morgan fingerprint density at radius 2 is 2.10 bits per heavy atom. The first-order chi connectivity index (χ1) is 9.61. The molecule has 5 nitrogen and oxygen atoms in total. The van der Waals surface area contributed by atoms with Crippen molar-refractivity contribution in [3.63, 3.8) is 0 Å². The van der Waals surface area contributed by atoms with Crippen molar-refractivity contribution in [3.8, 4) is 0 Å². The molecule has 0 amide bonds. The molecule has 1 fully saturated rings. The molecule has 1 N–H and O–H groups in total. The summed E-state index contributed by atoms with van der Waals surface area (Å²) in [7, 11) is 0. The molecule has 5 heteroatoms.